The molecule has 0 saturated heterocycles. The van der Waals surface area contributed by atoms with E-state index in [4.69, 9.17) is 4.74 Å². The monoisotopic (exact) mass is 360 g/mol. The highest BCUT2D eigenvalue weighted by molar-refractivity contribution is 5.92. The van der Waals surface area contributed by atoms with Crippen LogP contribution in [-0.2, 0) is 13.0 Å². The molecule has 0 bridgehead atoms. The number of amides is 1. The molecule has 1 aliphatic heterocycles. The van der Waals surface area contributed by atoms with Crippen LogP contribution in [-0.4, -0.2) is 29.5 Å². The van der Waals surface area contributed by atoms with E-state index < -0.39 is 0 Å². The highest BCUT2D eigenvalue weighted by atomic mass is 16.5. The van der Waals surface area contributed by atoms with E-state index in [1.807, 2.05) is 36.4 Å². The van der Waals surface area contributed by atoms with E-state index in [9.17, 15) is 4.79 Å². The molecule has 0 spiro atoms. The first kappa shape index (κ1) is 17.0. The van der Waals surface area contributed by atoms with Crippen LogP contribution in [0.3, 0.4) is 0 Å². The Bertz CT molecular complexity index is 956. The number of nitrogens with one attached hydrogen (secondary N) is 1. The molecule has 6 nitrogen and oxygen atoms in total. The van der Waals surface area contributed by atoms with Crippen LogP contribution in [0.1, 0.15) is 21.6 Å². The van der Waals surface area contributed by atoms with Crippen molar-refractivity contribution in [1.82, 2.24) is 15.3 Å². The summed E-state index contributed by atoms with van der Waals surface area (Å²) < 4.78 is 5.30. The van der Waals surface area contributed by atoms with Gasteiger partial charge >= 0.3 is 0 Å². The van der Waals surface area contributed by atoms with Crippen LogP contribution >= 0.6 is 0 Å². The number of aromatic nitrogens is 2. The summed E-state index contributed by atoms with van der Waals surface area (Å²) in [7, 11) is 1.61. The van der Waals surface area contributed by atoms with Gasteiger partial charge in [-0.1, -0.05) is 36.4 Å². The molecule has 0 aliphatic carbocycles. The van der Waals surface area contributed by atoms with Crippen LogP contribution in [0.15, 0.2) is 60.9 Å². The third kappa shape index (κ3) is 3.46. The Hall–Kier alpha value is -3.41. The first-order valence-corrected chi connectivity index (χ1v) is 8.84. The lowest BCUT2D eigenvalue weighted by Crippen LogP contribution is -2.24. The number of rotatable bonds is 5. The Morgan fingerprint density at radius 2 is 1.93 bits per heavy atom. The zero-order chi connectivity index (χ0) is 18.6. The maximum atomic E-state index is 12.4. The lowest BCUT2D eigenvalue weighted by molar-refractivity contribution is 0.0945. The van der Waals surface area contributed by atoms with Gasteiger partial charge in [0, 0.05) is 24.3 Å². The van der Waals surface area contributed by atoms with Crippen LogP contribution < -0.4 is 15.0 Å². The second-order valence-corrected chi connectivity index (χ2v) is 6.28. The Labute approximate surface area is 157 Å². The molecule has 1 aliphatic rings. The minimum Gasteiger partial charge on any atom is -0.496 e. The number of carbonyl (C=O) groups is 1. The number of carbonyl (C=O) groups excluding carboxylic acids is 1. The van der Waals surface area contributed by atoms with Gasteiger partial charge in [0.15, 0.2) is 5.82 Å². The lowest BCUT2D eigenvalue weighted by atomic mass is 10.2. The summed E-state index contributed by atoms with van der Waals surface area (Å²) in [4.78, 5) is 23.3. The SMILES string of the molecule is COc1ccccc1CNC(=O)c1cnc(N2CCc3ccccc32)cn1. The molecule has 4 rings (SSSR count). The van der Waals surface area contributed by atoms with E-state index in [0.717, 1.165) is 35.8 Å². The highest BCUT2D eigenvalue weighted by Crippen LogP contribution is 2.32. The molecule has 0 unspecified atom stereocenters. The van der Waals surface area contributed by atoms with Gasteiger partial charge in [0.25, 0.3) is 5.91 Å². The van der Waals surface area contributed by atoms with Crippen LogP contribution in [0, 0.1) is 0 Å². The van der Waals surface area contributed by atoms with Crippen molar-refractivity contribution in [2.45, 2.75) is 13.0 Å². The molecule has 0 fully saturated rings. The summed E-state index contributed by atoms with van der Waals surface area (Å²) in [6.45, 7) is 1.24. The molecule has 136 valence electrons. The van der Waals surface area contributed by atoms with Gasteiger partial charge < -0.3 is 15.0 Å². The third-order valence-electron chi connectivity index (χ3n) is 4.67. The number of fused-ring (bicyclic) bond motifs is 1. The molecule has 1 N–H and O–H groups in total. The van der Waals surface area contributed by atoms with Gasteiger partial charge in [-0.05, 0) is 24.1 Å². The summed E-state index contributed by atoms with van der Waals surface area (Å²) >= 11 is 0. The summed E-state index contributed by atoms with van der Waals surface area (Å²) in [5.41, 5.74) is 3.66. The van der Waals surface area contributed by atoms with Gasteiger partial charge in [-0.2, -0.15) is 0 Å². The molecule has 2 aromatic carbocycles. The van der Waals surface area contributed by atoms with Gasteiger partial charge in [-0.3, -0.25) is 4.79 Å². The zero-order valence-corrected chi connectivity index (χ0v) is 15.1. The van der Waals surface area contributed by atoms with Gasteiger partial charge in [0.05, 0.1) is 19.5 Å². The van der Waals surface area contributed by atoms with E-state index in [1.165, 1.54) is 11.8 Å². The number of hydrogen-bond donors (Lipinski definition) is 1. The van der Waals surface area contributed by atoms with Gasteiger partial charge in [0.1, 0.15) is 11.4 Å². The normalized spacial score (nSPS) is 12.6. The first-order valence-electron chi connectivity index (χ1n) is 8.84. The number of nitrogens with zero attached hydrogens (tertiary/aromatic N) is 3. The Morgan fingerprint density at radius 1 is 1.11 bits per heavy atom. The van der Waals surface area contributed by atoms with Crippen molar-refractivity contribution >= 4 is 17.4 Å². The number of hydrogen-bond acceptors (Lipinski definition) is 5. The fraction of sp³-hybridized carbons (Fsp3) is 0.190. The molecule has 1 aromatic heterocycles. The minimum atomic E-state index is -0.262. The molecular formula is C21H20N4O2. The van der Waals surface area contributed by atoms with Crippen LogP contribution in [0.25, 0.3) is 0 Å². The van der Waals surface area contributed by atoms with Crippen molar-refractivity contribution in [2.24, 2.45) is 0 Å². The van der Waals surface area contributed by atoms with Crippen molar-refractivity contribution < 1.29 is 9.53 Å². The topological polar surface area (TPSA) is 67.3 Å². The van der Waals surface area contributed by atoms with Crippen molar-refractivity contribution in [3.63, 3.8) is 0 Å². The molecule has 1 amide bonds. The minimum absolute atomic E-state index is 0.262. The Kier molecular flexibility index (Phi) is 4.70. The van der Waals surface area contributed by atoms with Gasteiger partial charge in [-0.25, -0.2) is 9.97 Å². The summed E-state index contributed by atoms with van der Waals surface area (Å²) in [5, 5.41) is 2.86. The fourth-order valence-corrected chi connectivity index (χ4v) is 3.27. The van der Waals surface area contributed by atoms with Crippen molar-refractivity contribution in [3.8, 4) is 5.75 Å². The Morgan fingerprint density at radius 3 is 2.74 bits per heavy atom. The molecule has 0 saturated carbocycles. The predicted molar refractivity (Wildman–Crippen MR) is 103 cm³/mol. The molecule has 0 radical (unpaired) electrons. The number of benzene rings is 2. The van der Waals surface area contributed by atoms with E-state index in [-0.39, 0.29) is 5.91 Å². The molecule has 3 aromatic rings. The molecular weight excluding hydrogens is 340 g/mol. The highest BCUT2D eigenvalue weighted by Gasteiger charge is 2.21. The molecule has 6 heteroatoms. The fourth-order valence-electron chi connectivity index (χ4n) is 3.27. The molecule has 27 heavy (non-hydrogen) atoms. The Balaban J connectivity index is 1.44. The summed E-state index contributed by atoms with van der Waals surface area (Å²) in [6.07, 6.45) is 4.16. The second-order valence-electron chi connectivity index (χ2n) is 6.28. The van der Waals surface area contributed by atoms with Crippen molar-refractivity contribution in [2.75, 3.05) is 18.6 Å². The van der Waals surface area contributed by atoms with E-state index >= 15 is 0 Å². The first-order chi connectivity index (χ1) is 13.3. The average Bonchev–Trinajstić information content (AvgIpc) is 3.16. The molecule has 0 atom stereocenters. The number of para-hydroxylation sites is 2. The third-order valence-corrected chi connectivity index (χ3v) is 4.67. The second kappa shape index (κ2) is 7.45. The quantitative estimate of drug-likeness (QED) is 0.757. The van der Waals surface area contributed by atoms with Crippen molar-refractivity contribution in [3.05, 3.63) is 77.7 Å². The largest absolute Gasteiger partial charge is 0.496 e. The van der Waals surface area contributed by atoms with Crippen molar-refractivity contribution in [1.29, 1.82) is 0 Å². The number of ether oxygens (including phenoxy) is 1. The predicted octanol–water partition coefficient (Wildman–Crippen LogP) is 3.11. The van der Waals surface area contributed by atoms with Gasteiger partial charge in [0.2, 0.25) is 0 Å². The van der Waals surface area contributed by atoms with E-state index in [0.29, 0.717) is 12.2 Å². The number of anilines is 2. The smallest absolute Gasteiger partial charge is 0.271 e. The zero-order valence-electron chi connectivity index (χ0n) is 15.1. The average molecular weight is 360 g/mol. The van der Waals surface area contributed by atoms with Crippen LogP contribution in [0.5, 0.6) is 5.75 Å². The van der Waals surface area contributed by atoms with E-state index in [2.05, 4.69) is 32.3 Å². The lowest BCUT2D eigenvalue weighted by Gasteiger charge is -2.17. The maximum Gasteiger partial charge on any atom is 0.271 e. The standard InChI is InChI=1S/C21H20N4O2/c1-27-19-9-5-3-7-16(19)12-24-21(26)17-13-23-20(14-22-17)25-11-10-15-6-2-4-8-18(15)25/h2-9,13-14H,10-12H2,1H3,(H,24,26). The van der Waals surface area contributed by atoms with Crippen LogP contribution in [0.4, 0.5) is 11.5 Å². The number of methoxy groups -OCH3 is 1. The maximum absolute atomic E-state index is 12.4. The van der Waals surface area contributed by atoms with Crippen LogP contribution in [0.2, 0.25) is 0 Å². The van der Waals surface area contributed by atoms with Gasteiger partial charge in [-0.15, -0.1) is 0 Å². The molecule has 2 heterocycles. The van der Waals surface area contributed by atoms with E-state index in [1.54, 1.807) is 13.3 Å². The summed E-state index contributed by atoms with van der Waals surface area (Å²) in [6, 6.07) is 15.9. The summed E-state index contributed by atoms with van der Waals surface area (Å²) in [5.74, 6) is 1.23.